The molecule has 4 heteroatoms. The van der Waals surface area contributed by atoms with Crippen LogP contribution in [0.3, 0.4) is 0 Å². The fourth-order valence-electron chi connectivity index (χ4n) is 4.00. The number of hydrogen-bond donors (Lipinski definition) is 2. The van der Waals surface area contributed by atoms with Gasteiger partial charge in [0, 0.05) is 13.0 Å². The molecule has 0 spiro atoms. The molecular weight excluding hydrogens is 348 g/mol. The van der Waals surface area contributed by atoms with Crippen LogP contribution in [-0.4, -0.2) is 24.4 Å². The summed E-state index contributed by atoms with van der Waals surface area (Å²) in [6, 6.07) is -0.314. The Morgan fingerprint density at radius 2 is 1.32 bits per heavy atom. The number of hydrogen-bond acceptors (Lipinski definition) is 2. The highest BCUT2D eigenvalue weighted by molar-refractivity contribution is 5.87. The SMILES string of the molecule is CCCCCCCCCCCCCCCCCC(=O)N[C@H]1CCCCNC1=O. The van der Waals surface area contributed by atoms with Gasteiger partial charge in [0.2, 0.25) is 11.8 Å². The van der Waals surface area contributed by atoms with E-state index in [1.54, 1.807) is 0 Å². The minimum absolute atomic E-state index is 0.0117. The molecule has 1 fully saturated rings. The molecule has 0 unspecified atom stereocenters. The van der Waals surface area contributed by atoms with E-state index < -0.39 is 0 Å². The summed E-state index contributed by atoms with van der Waals surface area (Å²) in [6.45, 7) is 3.02. The molecule has 0 aliphatic carbocycles. The van der Waals surface area contributed by atoms with Crippen LogP contribution in [0.15, 0.2) is 0 Å². The topological polar surface area (TPSA) is 58.2 Å². The highest BCUT2D eigenvalue weighted by atomic mass is 16.2. The third-order valence-corrected chi connectivity index (χ3v) is 5.88. The maximum absolute atomic E-state index is 12.0. The summed E-state index contributed by atoms with van der Waals surface area (Å²) in [4.78, 5) is 23.8. The van der Waals surface area contributed by atoms with Crippen LogP contribution in [0.4, 0.5) is 0 Å². The van der Waals surface area contributed by atoms with Gasteiger partial charge in [-0.2, -0.15) is 0 Å². The van der Waals surface area contributed by atoms with Crippen molar-refractivity contribution >= 4 is 11.8 Å². The second-order valence-corrected chi connectivity index (χ2v) is 8.61. The van der Waals surface area contributed by atoms with E-state index in [4.69, 9.17) is 0 Å². The van der Waals surface area contributed by atoms with Crippen molar-refractivity contribution in [3.8, 4) is 0 Å². The van der Waals surface area contributed by atoms with Crippen LogP contribution in [0.5, 0.6) is 0 Å². The van der Waals surface area contributed by atoms with Crippen LogP contribution in [0.2, 0.25) is 0 Å². The predicted molar refractivity (Wildman–Crippen MR) is 118 cm³/mol. The van der Waals surface area contributed by atoms with E-state index in [9.17, 15) is 9.59 Å². The van der Waals surface area contributed by atoms with Crippen molar-refractivity contribution < 1.29 is 9.59 Å². The van der Waals surface area contributed by atoms with E-state index in [0.29, 0.717) is 6.42 Å². The number of unbranched alkanes of at least 4 members (excludes halogenated alkanes) is 14. The van der Waals surface area contributed by atoms with Gasteiger partial charge in [-0.3, -0.25) is 9.59 Å². The molecule has 1 rings (SSSR count). The molecule has 0 aromatic heterocycles. The van der Waals surface area contributed by atoms with E-state index in [1.165, 1.54) is 83.5 Å². The maximum atomic E-state index is 12.0. The van der Waals surface area contributed by atoms with Gasteiger partial charge in [0.05, 0.1) is 0 Å². The molecule has 4 nitrogen and oxygen atoms in total. The third kappa shape index (κ3) is 14.0. The molecule has 0 saturated carbocycles. The van der Waals surface area contributed by atoms with Crippen LogP contribution < -0.4 is 10.6 Å². The lowest BCUT2D eigenvalue weighted by atomic mass is 10.0. The molecule has 1 aliphatic heterocycles. The average Bonchev–Trinajstić information content (AvgIpc) is 2.89. The van der Waals surface area contributed by atoms with Gasteiger partial charge in [-0.05, 0) is 25.7 Å². The Morgan fingerprint density at radius 3 is 1.86 bits per heavy atom. The second kappa shape index (κ2) is 18.0. The zero-order chi connectivity index (χ0) is 20.3. The smallest absolute Gasteiger partial charge is 0.242 e. The largest absolute Gasteiger partial charge is 0.354 e. The molecule has 2 N–H and O–H groups in total. The quantitative estimate of drug-likeness (QED) is 0.296. The van der Waals surface area contributed by atoms with E-state index in [1.807, 2.05) is 0 Å². The van der Waals surface area contributed by atoms with E-state index in [-0.39, 0.29) is 17.9 Å². The van der Waals surface area contributed by atoms with Gasteiger partial charge in [0.15, 0.2) is 0 Å². The molecule has 1 atom stereocenters. The molecule has 0 radical (unpaired) electrons. The summed E-state index contributed by atoms with van der Waals surface area (Å²) in [6.07, 6.45) is 23.3. The number of carbonyl (C=O) groups is 2. The summed E-state index contributed by atoms with van der Waals surface area (Å²) in [5.41, 5.74) is 0. The lowest BCUT2D eigenvalue weighted by Crippen LogP contribution is -2.45. The standard InChI is InChI=1S/C24H46N2O2/c1-2-3-4-5-6-7-8-9-10-11-12-13-14-15-16-20-23(27)26-22-19-17-18-21-25-24(22)28/h22H,2-21H2,1H3,(H,25,28)(H,26,27)/t22-/m0/s1. The highest BCUT2D eigenvalue weighted by Gasteiger charge is 2.21. The number of nitrogens with one attached hydrogen (secondary N) is 2. The van der Waals surface area contributed by atoms with Gasteiger partial charge in [-0.1, -0.05) is 96.8 Å². The zero-order valence-corrected chi connectivity index (χ0v) is 18.5. The van der Waals surface area contributed by atoms with Gasteiger partial charge >= 0.3 is 0 Å². The average molecular weight is 395 g/mol. The minimum Gasteiger partial charge on any atom is -0.354 e. The fourth-order valence-corrected chi connectivity index (χ4v) is 4.00. The van der Waals surface area contributed by atoms with Crippen molar-refractivity contribution in [3.05, 3.63) is 0 Å². The molecule has 0 bridgehead atoms. The highest BCUT2D eigenvalue weighted by Crippen LogP contribution is 2.14. The van der Waals surface area contributed by atoms with Crippen molar-refractivity contribution in [2.45, 2.75) is 135 Å². The number of rotatable bonds is 17. The van der Waals surface area contributed by atoms with Crippen LogP contribution >= 0.6 is 0 Å². The van der Waals surface area contributed by atoms with Gasteiger partial charge < -0.3 is 10.6 Å². The summed E-state index contributed by atoms with van der Waals surface area (Å²) in [5.74, 6) is 0.0269. The normalized spacial score (nSPS) is 17.2. The minimum atomic E-state index is -0.314. The number of amides is 2. The van der Waals surface area contributed by atoms with Crippen LogP contribution in [0.1, 0.15) is 129 Å². The molecule has 1 saturated heterocycles. The summed E-state index contributed by atoms with van der Waals surface area (Å²) in [7, 11) is 0. The maximum Gasteiger partial charge on any atom is 0.242 e. The Bertz CT molecular complexity index is 398. The van der Waals surface area contributed by atoms with Gasteiger partial charge in [0.1, 0.15) is 6.04 Å². The van der Waals surface area contributed by atoms with Crippen LogP contribution in [-0.2, 0) is 9.59 Å². The molecule has 0 aromatic carbocycles. The summed E-state index contributed by atoms with van der Waals surface area (Å²) in [5, 5.41) is 5.78. The van der Waals surface area contributed by atoms with Gasteiger partial charge in [-0.25, -0.2) is 0 Å². The van der Waals surface area contributed by atoms with E-state index in [2.05, 4.69) is 17.6 Å². The Balaban J connectivity index is 1.82. The first kappa shape index (κ1) is 25.0. The summed E-state index contributed by atoms with van der Waals surface area (Å²) < 4.78 is 0. The molecular formula is C24H46N2O2. The molecule has 28 heavy (non-hydrogen) atoms. The fraction of sp³-hybridized carbons (Fsp3) is 0.917. The lowest BCUT2D eigenvalue weighted by molar-refractivity contribution is -0.128. The molecule has 0 aromatic rings. The number of carbonyl (C=O) groups excluding carboxylic acids is 2. The first-order valence-electron chi connectivity index (χ1n) is 12.3. The zero-order valence-electron chi connectivity index (χ0n) is 18.5. The van der Waals surface area contributed by atoms with Crippen LogP contribution in [0, 0.1) is 0 Å². The Hall–Kier alpha value is -1.06. The monoisotopic (exact) mass is 394 g/mol. The van der Waals surface area contributed by atoms with Crippen molar-refractivity contribution in [1.82, 2.24) is 10.6 Å². The van der Waals surface area contributed by atoms with Crippen molar-refractivity contribution in [1.29, 1.82) is 0 Å². The van der Waals surface area contributed by atoms with Crippen LogP contribution in [0.25, 0.3) is 0 Å². The predicted octanol–water partition coefficient (Wildman–Crippen LogP) is 6.03. The molecule has 164 valence electrons. The Kier molecular flexibility index (Phi) is 16.1. The Morgan fingerprint density at radius 1 is 0.821 bits per heavy atom. The van der Waals surface area contributed by atoms with Crippen molar-refractivity contribution in [3.63, 3.8) is 0 Å². The first-order chi connectivity index (χ1) is 13.7. The van der Waals surface area contributed by atoms with Crippen molar-refractivity contribution in [2.75, 3.05) is 6.54 Å². The summed E-state index contributed by atoms with van der Waals surface area (Å²) >= 11 is 0. The third-order valence-electron chi connectivity index (χ3n) is 5.88. The lowest BCUT2D eigenvalue weighted by Gasteiger charge is -2.15. The molecule has 1 heterocycles. The second-order valence-electron chi connectivity index (χ2n) is 8.61. The van der Waals surface area contributed by atoms with Gasteiger partial charge in [0.25, 0.3) is 0 Å². The van der Waals surface area contributed by atoms with Gasteiger partial charge in [-0.15, -0.1) is 0 Å². The first-order valence-corrected chi connectivity index (χ1v) is 12.3. The van der Waals surface area contributed by atoms with E-state index in [0.717, 1.165) is 38.6 Å². The molecule has 2 amide bonds. The molecule has 1 aliphatic rings. The Labute approximate surface area is 174 Å². The van der Waals surface area contributed by atoms with E-state index >= 15 is 0 Å². The van der Waals surface area contributed by atoms with Crippen molar-refractivity contribution in [2.24, 2.45) is 0 Å².